The van der Waals surface area contributed by atoms with Gasteiger partial charge in [-0.15, -0.1) is 0 Å². The molecule has 1 atom stereocenters. The zero-order chi connectivity index (χ0) is 24.4. The highest BCUT2D eigenvalue weighted by Gasteiger charge is 2.33. The van der Waals surface area contributed by atoms with Crippen LogP contribution in [0.15, 0.2) is 54.6 Å². The zero-order valence-electron chi connectivity index (χ0n) is 20.2. The molecule has 5 heteroatoms. The molecule has 0 spiro atoms. The van der Waals surface area contributed by atoms with Crippen molar-refractivity contribution in [3.05, 3.63) is 93.5 Å². The second kappa shape index (κ2) is 9.82. The highest BCUT2D eigenvalue weighted by Crippen LogP contribution is 2.41. The normalized spacial score (nSPS) is 14.0. The second-order valence-corrected chi connectivity index (χ2v) is 8.93. The maximum absolute atomic E-state index is 13.1. The molecule has 0 saturated heterocycles. The highest BCUT2D eigenvalue weighted by molar-refractivity contribution is 5.88. The van der Waals surface area contributed by atoms with Crippen LogP contribution < -0.4 is 0 Å². The number of benzene rings is 3. The molecule has 0 unspecified atom stereocenters. The summed E-state index contributed by atoms with van der Waals surface area (Å²) < 4.78 is 5.15. The summed E-state index contributed by atoms with van der Waals surface area (Å²) in [5.41, 5.74) is 8.26. The molecule has 0 aliphatic carbocycles. The number of amides is 1. The van der Waals surface area contributed by atoms with Gasteiger partial charge in [-0.3, -0.25) is 4.79 Å². The Hall–Kier alpha value is -3.44. The fourth-order valence-electron chi connectivity index (χ4n) is 4.87. The predicted octanol–water partition coefficient (Wildman–Crippen LogP) is 4.96. The standard InChI is InChI=1S/C29H31NO4/c1-5-34-29(33)28(32)27-19(3)23-15-25(31)30(16-21-9-7-6-8-10-21)17-24(23)20(4)26(27)22-13-11-18(2)12-14-22/h6-14,28,32H,5,15-17H2,1-4H3/t28-/m0/s1. The lowest BCUT2D eigenvalue weighted by molar-refractivity contribution is -0.153. The Morgan fingerprint density at radius 2 is 1.68 bits per heavy atom. The lowest BCUT2D eigenvalue weighted by Gasteiger charge is -2.34. The first-order chi connectivity index (χ1) is 16.3. The average Bonchev–Trinajstić information content (AvgIpc) is 2.83. The minimum absolute atomic E-state index is 0.0403. The number of aryl methyl sites for hydroxylation is 1. The van der Waals surface area contributed by atoms with E-state index in [9.17, 15) is 14.7 Å². The van der Waals surface area contributed by atoms with Gasteiger partial charge >= 0.3 is 5.97 Å². The van der Waals surface area contributed by atoms with Gasteiger partial charge in [-0.2, -0.15) is 0 Å². The van der Waals surface area contributed by atoms with Crippen LogP contribution in [0.2, 0.25) is 0 Å². The van der Waals surface area contributed by atoms with Crippen molar-refractivity contribution in [2.24, 2.45) is 0 Å². The van der Waals surface area contributed by atoms with E-state index in [0.29, 0.717) is 18.7 Å². The Labute approximate surface area is 201 Å². The van der Waals surface area contributed by atoms with E-state index in [1.54, 1.807) is 6.92 Å². The van der Waals surface area contributed by atoms with Crippen LogP contribution in [0.3, 0.4) is 0 Å². The lowest BCUT2D eigenvalue weighted by Crippen LogP contribution is -2.37. The third-order valence-electron chi connectivity index (χ3n) is 6.69. The average molecular weight is 458 g/mol. The van der Waals surface area contributed by atoms with Gasteiger partial charge in [-0.05, 0) is 66.6 Å². The Morgan fingerprint density at radius 1 is 1.00 bits per heavy atom. The molecule has 1 heterocycles. The van der Waals surface area contributed by atoms with Crippen LogP contribution in [-0.2, 0) is 33.8 Å². The second-order valence-electron chi connectivity index (χ2n) is 8.93. The molecule has 1 amide bonds. The van der Waals surface area contributed by atoms with Gasteiger partial charge in [0, 0.05) is 18.7 Å². The molecule has 34 heavy (non-hydrogen) atoms. The van der Waals surface area contributed by atoms with Crippen LogP contribution in [0, 0.1) is 20.8 Å². The summed E-state index contributed by atoms with van der Waals surface area (Å²) in [6.07, 6.45) is -1.18. The van der Waals surface area contributed by atoms with E-state index < -0.39 is 12.1 Å². The quantitative estimate of drug-likeness (QED) is 0.532. The van der Waals surface area contributed by atoms with Crippen LogP contribution in [0.5, 0.6) is 0 Å². The number of ether oxygens (including phenoxy) is 1. The summed E-state index contributed by atoms with van der Waals surface area (Å²) in [4.78, 5) is 27.6. The Balaban J connectivity index is 1.86. The van der Waals surface area contributed by atoms with E-state index in [4.69, 9.17) is 4.74 Å². The van der Waals surface area contributed by atoms with Gasteiger partial charge < -0.3 is 14.7 Å². The maximum atomic E-state index is 13.1. The smallest absolute Gasteiger partial charge is 0.339 e. The van der Waals surface area contributed by atoms with Crippen molar-refractivity contribution >= 4 is 11.9 Å². The third kappa shape index (κ3) is 4.48. The number of fused-ring (bicyclic) bond motifs is 1. The minimum atomic E-state index is -1.42. The molecule has 3 aromatic carbocycles. The van der Waals surface area contributed by atoms with E-state index in [1.807, 2.05) is 80.3 Å². The van der Waals surface area contributed by atoms with Gasteiger partial charge in [0.05, 0.1) is 13.0 Å². The predicted molar refractivity (Wildman–Crippen MR) is 132 cm³/mol. The molecule has 0 fully saturated rings. The topological polar surface area (TPSA) is 66.8 Å². The largest absolute Gasteiger partial charge is 0.464 e. The summed E-state index contributed by atoms with van der Waals surface area (Å²) in [5, 5.41) is 11.1. The molecule has 1 aliphatic heterocycles. The SMILES string of the molecule is CCOC(=O)[C@@H](O)c1c(C)c2c(c(C)c1-c1ccc(C)cc1)CN(Cc1ccccc1)C(=O)C2. The molecule has 0 radical (unpaired) electrons. The van der Waals surface area contributed by atoms with Gasteiger partial charge in [0.15, 0.2) is 6.10 Å². The monoisotopic (exact) mass is 457 g/mol. The van der Waals surface area contributed by atoms with Crippen LogP contribution in [-0.4, -0.2) is 28.5 Å². The number of aliphatic hydroxyl groups excluding tert-OH is 1. The molecule has 1 aliphatic rings. The number of carbonyl (C=O) groups is 2. The summed E-state index contributed by atoms with van der Waals surface area (Å²) in [7, 11) is 0. The van der Waals surface area contributed by atoms with E-state index in [1.165, 1.54) is 0 Å². The van der Waals surface area contributed by atoms with Crippen molar-refractivity contribution in [1.29, 1.82) is 0 Å². The van der Waals surface area contributed by atoms with Gasteiger partial charge in [0.2, 0.25) is 5.91 Å². The highest BCUT2D eigenvalue weighted by atomic mass is 16.5. The van der Waals surface area contributed by atoms with Crippen LogP contribution >= 0.6 is 0 Å². The molecular formula is C29H31NO4. The van der Waals surface area contributed by atoms with Gasteiger partial charge in [-0.25, -0.2) is 4.79 Å². The van der Waals surface area contributed by atoms with Crippen molar-refractivity contribution in [3.8, 4) is 11.1 Å². The number of carbonyl (C=O) groups excluding carboxylic acids is 2. The molecule has 4 rings (SSSR count). The number of rotatable bonds is 6. The number of hydrogen-bond acceptors (Lipinski definition) is 4. The molecule has 1 N–H and O–H groups in total. The Morgan fingerprint density at radius 3 is 2.32 bits per heavy atom. The minimum Gasteiger partial charge on any atom is -0.464 e. The lowest BCUT2D eigenvalue weighted by atomic mass is 9.80. The molecular weight excluding hydrogens is 426 g/mol. The number of esters is 1. The van der Waals surface area contributed by atoms with Crippen LogP contribution in [0.25, 0.3) is 11.1 Å². The summed E-state index contributed by atoms with van der Waals surface area (Å²) in [5.74, 6) is -0.635. The summed E-state index contributed by atoms with van der Waals surface area (Å²) in [6, 6.07) is 18.0. The van der Waals surface area contributed by atoms with E-state index in [-0.39, 0.29) is 18.9 Å². The number of nitrogens with zero attached hydrogens (tertiary/aromatic N) is 1. The van der Waals surface area contributed by atoms with Gasteiger partial charge in [0.1, 0.15) is 0 Å². The van der Waals surface area contributed by atoms with E-state index in [2.05, 4.69) is 0 Å². The van der Waals surface area contributed by atoms with Crippen molar-refractivity contribution in [2.45, 2.75) is 53.3 Å². The van der Waals surface area contributed by atoms with Gasteiger partial charge in [-0.1, -0.05) is 60.2 Å². The first-order valence-corrected chi connectivity index (χ1v) is 11.7. The van der Waals surface area contributed by atoms with Crippen molar-refractivity contribution < 1.29 is 19.4 Å². The maximum Gasteiger partial charge on any atom is 0.339 e. The van der Waals surface area contributed by atoms with E-state index >= 15 is 0 Å². The van der Waals surface area contributed by atoms with E-state index in [0.717, 1.165) is 44.5 Å². The fourth-order valence-corrected chi connectivity index (χ4v) is 4.87. The van der Waals surface area contributed by atoms with Crippen molar-refractivity contribution in [1.82, 2.24) is 4.90 Å². The Bertz CT molecular complexity index is 1220. The van der Waals surface area contributed by atoms with Crippen LogP contribution in [0.4, 0.5) is 0 Å². The fraction of sp³-hybridized carbons (Fsp3) is 0.310. The van der Waals surface area contributed by atoms with Gasteiger partial charge in [0.25, 0.3) is 0 Å². The first-order valence-electron chi connectivity index (χ1n) is 11.7. The number of hydrogen-bond donors (Lipinski definition) is 1. The summed E-state index contributed by atoms with van der Waals surface area (Å²) >= 11 is 0. The Kier molecular flexibility index (Phi) is 6.85. The molecule has 0 aromatic heterocycles. The van der Waals surface area contributed by atoms with Crippen molar-refractivity contribution in [3.63, 3.8) is 0 Å². The van der Waals surface area contributed by atoms with Crippen LogP contribution in [0.1, 0.15) is 52.0 Å². The summed E-state index contributed by atoms with van der Waals surface area (Å²) in [6.45, 7) is 8.88. The molecule has 5 nitrogen and oxygen atoms in total. The zero-order valence-corrected chi connectivity index (χ0v) is 20.2. The van der Waals surface area contributed by atoms with Crippen molar-refractivity contribution in [2.75, 3.05) is 6.61 Å². The molecule has 3 aromatic rings. The molecule has 0 saturated carbocycles. The first kappa shape index (κ1) is 23.7. The third-order valence-corrected chi connectivity index (χ3v) is 6.69. The molecule has 0 bridgehead atoms. The number of aliphatic hydroxyl groups is 1. The molecule has 176 valence electrons.